The van der Waals surface area contributed by atoms with Gasteiger partial charge in [-0.1, -0.05) is 131 Å². The molecule has 12 rings (SSSR count). The standard InChI is InChI=1S/C52H40N4S/c1-51(2)27-28-52(3,4)39-30-42-37(29-38(39)51)45-41(56(42)50-53-46(32-16-7-5-8-17-32)49-47(54-50)35-21-13-14-22-43(35)57-49)26-25-40-44(45)36-24-23-31-15-11-12-20-34(31)48(36)55(40)33-18-9-6-10-19-33/h5-26,29-30H,27-28H2,1-4H3. The van der Waals surface area contributed by atoms with Crippen LogP contribution < -0.4 is 0 Å². The molecule has 7 aromatic carbocycles. The minimum absolute atomic E-state index is 0.0292. The molecule has 11 aromatic rings. The Kier molecular flexibility index (Phi) is 6.71. The van der Waals surface area contributed by atoms with E-state index in [0.29, 0.717) is 5.95 Å². The van der Waals surface area contributed by atoms with Gasteiger partial charge in [-0.05, 0) is 82.6 Å². The number of rotatable bonds is 3. The normalized spacial score (nSPS) is 15.2. The molecule has 5 heteroatoms. The summed E-state index contributed by atoms with van der Waals surface area (Å²) >= 11 is 1.78. The zero-order valence-corrected chi connectivity index (χ0v) is 33.3. The first-order valence-electron chi connectivity index (χ1n) is 20.1. The van der Waals surface area contributed by atoms with Crippen molar-refractivity contribution in [3.63, 3.8) is 0 Å². The molecule has 0 unspecified atom stereocenters. The highest BCUT2D eigenvalue weighted by Gasteiger charge is 2.38. The average molecular weight is 753 g/mol. The lowest BCUT2D eigenvalue weighted by molar-refractivity contribution is 0.332. The Morgan fingerprint density at radius 1 is 0.526 bits per heavy atom. The molecular weight excluding hydrogens is 713 g/mol. The fraction of sp³-hybridized carbons (Fsp3) is 0.154. The summed E-state index contributed by atoms with van der Waals surface area (Å²) in [5, 5.41) is 8.66. The van der Waals surface area contributed by atoms with Gasteiger partial charge in [0.15, 0.2) is 0 Å². The fourth-order valence-corrected chi connectivity index (χ4v) is 11.1. The Hall–Kier alpha value is -6.30. The molecule has 274 valence electrons. The van der Waals surface area contributed by atoms with Crippen LogP contribution in [0.2, 0.25) is 0 Å². The van der Waals surface area contributed by atoms with Gasteiger partial charge < -0.3 is 4.57 Å². The van der Waals surface area contributed by atoms with Gasteiger partial charge in [0.25, 0.3) is 0 Å². The average Bonchev–Trinajstić information content (AvgIpc) is 3.90. The minimum atomic E-state index is 0.0292. The molecule has 1 aliphatic rings. The lowest BCUT2D eigenvalue weighted by Gasteiger charge is -2.42. The summed E-state index contributed by atoms with van der Waals surface area (Å²) in [6.45, 7) is 9.70. The Morgan fingerprint density at radius 2 is 1.16 bits per heavy atom. The third-order valence-corrected chi connectivity index (χ3v) is 14.2. The number of hydrogen-bond donors (Lipinski definition) is 0. The molecule has 1 aliphatic carbocycles. The van der Waals surface area contributed by atoms with Crippen LogP contribution in [0, 0.1) is 0 Å². The number of aromatic nitrogens is 4. The van der Waals surface area contributed by atoms with E-state index in [1.165, 1.54) is 64.6 Å². The SMILES string of the molecule is CC1(C)CCC(C)(C)c2cc3c(cc21)c1c2c4ccc5ccccc5c4n(-c4ccccc4)c2ccc1n3-c1nc(-c2ccccc2)c2sc3ccccc3c2n1. The van der Waals surface area contributed by atoms with Crippen molar-refractivity contribution in [2.24, 2.45) is 0 Å². The van der Waals surface area contributed by atoms with Gasteiger partial charge in [-0.15, -0.1) is 11.3 Å². The molecule has 0 radical (unpaired) electrons. The Balaban J connectivity index is 1.30. The van der Waals surface area contributed by atoms with Gasteiger partial charge in [0.1, 0.15) is 0 Å². The number of hydrogen-bond acceptors (Lipinski definition) is 3. The van der Waals surface area contributed by atoms with Crippen LogP contribution in [0.25, 0.3) is 97.6 Å². The zero-order valence-electron chi connectivity index (χ0n) is 32.5. The smallest absolute Gasteiger partial charge is 0.235 e. The van der Waals surface area contributed by atoms with Crippen LogP contribution in [0.1, 0.15) is 51.7 Å². The summed E-state index contributed by atoms with van der Waals surface area (Å²) < 4.78 is 7.20. The molecule has 0 saturated carbocycles. The van der Waals surface area contributed by atoms with Gasteiger partial charge in [0.05, 0.1) is 38.0 Å². The second-order valence-corrected chi connectivity index (χ2v) is 18.3. The van der Waals surface area contributed by atoms with Gasteiger partial charge in [-0.2, -0.15) is 0 Å². The van der Waals surface area contributed by atoms with Gasteiger partial charge in [-0.25, -0.2) is 9.97 Å². The Morgan fingerprint density at radius 3 is 1.93 bits per heavy atom. The van der Waals surface area contributed by atoms with E-state index in [4.69, 9.17) is 9.97 Å². The number of nitrogens with zero attached hydrogens (tertiary/aromatic N) is 4. The molecule has 0 aliphatic heterocycles. The van der Waals surface area contributed by atoms with E-state index in [9.17, 15) is 0 Å². The molecule has 0 bridgehead atoms. The molecule has 0 N–H and O–H groups in total. The highest BCUT2D eigenvalue weighted by molar-refractivity contribution is 7.26. The number of para-hydroxylation sites is 1. The number of fused-ring (bicyclic) bond motifs is 13. The van der Waals surface area contributed by atoms with Crippen LogP contribution in [0.15, 0.2) is 146 Å². The monoisotopic (exact) mass is 752 g/mol. The Labute approximate surface area is 334 Å². The molecule has 4 aromatic heterocycles. The van der Waals surface area contributed by atoms with Crippen molar-refractivity contribution in [1.29, 1.82) is 0 Å². The van der Waals surface area contributed by atoms with E-state index >= 15 is 0 Å². The summed E-state index contributed by atoms with van der Waals surface area (Å²) in [7, 11) is 0. The molecule has 0 fully saturated rings. The summed E-state index contributed by atoms with van der Waals surface area (Å²) in [4.78, 5) is 11.1. The molecule has 0 amide bonds. The van der Waals surface area contributed by atoms with Crippen LogP contribution in [-0.2, 0) is 10.8 Å². The first-order valence-corrected chi connectivity index (χ1v) is 20.9. The predicted molar refractivity (Wildman–Crippen MR) is 242 cm³/mol. The second kappa shape index (κ2) is 11.6. The van der Waals surface area contributed by atoms with E-state index in [1.807, 2.05) is 0 Å². The topological polar surface area (TPSA) is 35.6 Å². The minimum Gasteiger partial charge on any atom is -0.309 e. The first kappa shape index (κ1) is 32.9. The van der Waals surface area contributed by atoms with Gasteiger partial charge >= 0.3 is 0 Å². The van der Waals surface area contributed by atoms with E-state index in [-0.39, 0.29) is 10.8 Å². The van der Waals surface area contributed by atoms with E-state index < -0.39 is 0 Å². The van der Waals surface area contributed by atoms with Gasteiger partial charge in [0.2, 0.25) is 5.95 Å². The molecule has 4 nitrogen and oxygen atoms in total. The molecule has 0 saturated heterocycles. The van der Waals surface area contributed by atoms with Crippen molar-refractivity contribution in [2.75, 3.05) is 0 Å². The van der Waals surface area contributed by atoms with Gasteiger partial charge in [0, 0.05) is 48.3 Å². The van der Waals surface area contributed by atoms with Crippen LogP contribution >= 0.6 is 11.3 Å². The van der Waals surface area contributed by atoms with E-state index in [2.05, 4.69) is 182 Å². The third-order valence-electron chi connectivity index (χ3n) is 13.0. The molecule has 4 heterocycles. The van der Waals surface area contributed by atoms with Crippen LogP contribution in [0.4, 0.5) is 0 Å². The van der Waals surface area contributed by atoms with Crippen molar-refractivity contribution in [3.05, 3.63) is 157 Å². The van der Waals surface area contributed by atoms with Crippen molar-refractivity contribution in [3.8, 4) is 22.9 Å². The van der Waals surface area contributed by atoms with Crippen molar-refractivity contribution < 1.29 is 0 Å². The van der Waals surface area contributed by atoms with Crippen LogP contribution in [-0.4, -0.2) is 19.1 Å². The quantitative estimate of drug-likeness (QED) is 0.180. The molecule has 57 heavy (non-hydrogen) atoms. The summed E-state index contributed by atoms with van der Waals surface area (Å²) in [5.74, 6) is 0.703. The maximum absolute atomic E-state index is 5.58. The van der Waals surface area contributed by atoms with Crippen LogP contribution in [0.5, 0.6) is 0 Å². The maximum Gasteiger partial charge on any atom is 0.235 e. The first-order chi connectivity index (χ1) is 27.8. The lowest BCUT2D eigenvalue weighted by atomic mass is 9.63. The largest absolute Gasteiger partial charge is 0.309 e. The highest BCUT2D eigenvalue weighted by atomic mass is 32.1. The zero-order chi connectivity index (χ0) is 38.2. The second-order valence-electron chi connectivity index (χ2n) is 17.2. The van der Waals surface area contributed by atoms with Crippen molar-refractivity contribution in [2.45, 2.75) is 51.4 Å². The number of thiophene rings is 1. The van der Waals surface area contributed by atoms with Gasteiger partial charge in [-0.3, -0.25) is 4.57 Å². The van der Waals surface area contributed by atoms with Crippen molar-refractivity contribution >= 4 is 86.0 Å². The predicted octanol–water partition coefficient (Wildman–Crippen LogP) is 14.2. The molecule has 0 atom stereocenters. The maximum atomic E-state index is 5.58. The van der Waals surface area contributed by atoms with E-state index in [0.717, 1.165) is 51.0 Å². The summed E-state index contributed by atoms with van der Waals surface area (Å²) in [6, 6.07) is 53.3. The van der Waals surface area contributed by atoms with E-state index in [1.54, 1.807) is 11.3 Å². The van der Waals surface area contributed by atoms with Crippen LogP contribution in [0.3, 0.4) is 0 Å². The third kappa shape index (κ3) is 4.61. The highest BCUT2D eigenvalue weighted by Crippen LogP contribution is 2.51. The summed E-state index contributed by atoms with van der Waals surface area (Å²) in [5.41, 5.74) is 11.9. The number of benzene rings is 7. The molecular formula is C52H40N4S. The Bertz CT molecular complexity index is 3460. The summed E-state index contributed by atoms with van der Waals surface area (Å²) in [6.07, 6.45) is 2.29. The fourth-order valence-electron chi connectivity index (χ4n) is 9.97. The van der Waals surface area contributed by atoms with Crippen molar-refractivity contribution in [1.82, 2.24) is 19.1 Å². The molecule has 0 spiro atoms. The lowest BCUT2D eigenvalue weighted by Crippen LogP contribution is -2.33.